The quantitative estimate of drug-likeness (QED) is 0.747. The molecule has 0 radical (unpaired) electrons. The number of amides is 1. The fourth-order valence-corrected chi connectivity index (χ4v) is 2.39. The first-order valence-corrected chi connectivity index (χ1v) is 7.81. The summed E-state index contributed by atoms with van der Waals surface area (Å²) in [5, 5.41) is 3.29. The molecule has 3 rings (SSSR count). The van der Waals surface area contributed by atoms with Crippen molar-refractivity contribution in [2.45, 2.75) is 6.54 Å². The normalized spacial score (nSPS) is 10.2. The lowest BCUT2D eigenvalue weighted by Crippen LogP contribution is -2.23. The number of carbonyl (C=O) groups excluding carboxylic acids is 1. The van der Waals surface area contributed by atoms with Crippen LogP contribution in [0.4, 0.5) is 0 Å². The van der Waals surface area contributed by atoms with Crippen LogP contribution in [0.15, 0.2) is 72.9 Å². The van der Waals surface area contributed by atoms with E-state index in [2.05, 4.69) is 10.3 Å². The molecule has 0 unspecified atom stereocenters. The Balaban J connectivity index is 1.65. The largest absolute Gasteiger partial charge is 0.439 e. The Labute approximate surface area is 145 Å². The summed E-state index contributed by atoms with van der Waals surface area (Å²) in [6, 6.07) is 19.9. The second kappa shape index (κ2) is 7.62. The monoisotopic (exact) mass is 338 g/mol. The van der Waals surface area contributed by atoms with E-state index in [1.165, 1.54) is 0 Å². The predicted molar refractivity (Wildman–Crippen MR) is 93.4 cm³/mol. The summed E-state index contributed by atoms with van der Waals surface area (Å²) in [6.07, 6.45) is 1.67. The molecule has 2 aromatic carbocycles. The number of aromatic nitrogens is 1. The van der Waals surface area contributed by atoms with Crippen molar-refractivity contribution in [3.05, 3.63) is 89.1 Å². The van der Waals surface area contributed by atoms with Crippen molar-refractivity contribution in [1.29, 1.82) is 0 Å². The SMILES string of the molecule is O=C(NCc1cccc(Oc2ccccn2)c1)c1ccccc1Cl. The lowest BCUT2D eigenvalue weighted by atomic mass is 10.2. The van der Waals surface area contributed by atoms with E-state index in [4.69, 9.17) is 16.3 Å². The van der Waals surface area contributed by atoms with Crippen molar-refractivity contribution < 1.29 is 9.53 Å². The van der Waals surface area contributed by atoms with E-state index < -0.39 is 0 Å². The fourth-order valence-electron chi connectivity index (χ4n) is 2.17. The maximum Gasteiger partial charge on any atom is 0.253 e. The summed E-state index contributed by atoms with van der Waals surface area (Å²) in [5.74, 6) is 0.976. The van der Waals surface area contributed by atoms with Crippen molar-refractivity contribution in [1.82, 2.24) is 10.3 Å². The molecule has 120 valence electrons. The molecule has 0 bridgehead atoms. The molecule has 24 heavy (non-hydrogen) atoms. The minimum Gasteiger partial charge on any atom is -0.439 e. The van der Waals surface area contributed by atoms with Gasteiger partial charge in [-0.1, -0.05) is 41.9 Å². The van der Waals surface area contributed by atoms with Crippen molar-refractivity contribution >= 4 is 17.5 Å². The van der Waals surface area contributed by atoms with E-state index >= 15 is 0 Å². The average Bonchev–Trinajstić information content (AvgIpc) is 2.61. The Morgan fingerprint density at radius 1 is 1.04 bits per heavy atom. The molecule has 0 aliphatic rings. The van der Waals surface area contributed by atoms with Gasteiger partial charge in [-0.05, 0) is 35.9 Å². The molecule has 0 saturated carbocycles. The Kier molecular flexibility index (Phi) is 5.08. The van der Waals surface area contributed by atoms with Gasteiger partial charge in [-0.3, -0.25) is 4.79 Å². The first-order chi connectivity index (χ1) is 11.7. The summed E-state index contributed by atoms with van der Waals surface area (Å²) in [4.78, 5) is 16.3. The first kappa shape index (κ1) is 16.0. The highest BCUT2D eigenvalue weighted by Gasteiger charge is 2.09. The molecular weight excluding hydrogens is 324 g/mol. The van der Waals surface area contributed by atoms with Gasteiger partial charge in [0.25, 0.3) is 5.91 Å². The number of halogens is 1. The molecule has 1 heterocycles. The van der Waals surface area contributed by atoms with Crippen LogP contribution < -0.4 is 10.1 Å². The highest BCUT2D eigenvalue weighted by Crippen LogP contribution is 2.20. The molecular formula is C19H15ClN2O2. The zero-order valence-electron chi connectivity index (χ0n) is 12.8. The molecule has 1 N–H and O–H groups in total. The number of nitrogens with zero attached hydrogens (tertiary/aromatic N) is 1. The molecule has 3 aromatic rings. The highest BCUT2D eigenvalue weighted by atomic mass is 35.5. The second-order valence-corrected chi connectivity index (χ2v) is 5.49. The molecule has 0 saturated heterocycles. The first-order valence-electron chi connectivity index (χ1n) is 7.43. The van der Waals surface area contributed by atoms with Crippen LogP contribution in [0.3, 0.4) is 0 Å². The maximum absolute atomic E-state index is 12.2. The van der Waals surface area contributed by atoms with Gasteiger partial charge in [-0.2, -0.15) is 0 Å². The minimum atomic E-state index is -0.211. The highest BCUT2D eigenvalue weighted by molar-refractivity contribution is 6.33. The van der Waals surface area contributed by atoms with E-state index in [9.17, 15) is 4.79 Å². The van der Waals surface area contributed by atoms with E-state index in [1.807, 2.05) is 36.4 Å². The van der Waals surface area contributed by atoms with Crippen LogP contribution in [-0.2, 0) is 6.54 Å². The number of nitrogens with one attached hydrogen (secondary N) is 1. The van der Waals surface area contributed by atoms with Crippen molar-refractivity contribution in [3.8, 4) is 11.6 Å². The minimum absolute atomic E-state index is 0.211. The third kappa shape index (κ3) is 4.12. The van der Waals surface area contributed by atoms with Crippen LogP contribution >= 0.6 is 11.6 Å². The van der Waals surface area contributed by atoms with E-state index in [0.717, 1.165) is 5.56 Å². The fraction of sp³-hybridized carbons (Fsp3) is 0.0526. The van der Waals surface area contributed by atoms with Gasteiger partial charge in [0.1, 0.15) is 5.75 Å². The lowest BCUT2D eigenvalue weighted by Gasteiger charge is -2.09. The van der Waals surface area contributed by atoms with Gasteiger partial charge in [-0.15, -0.1) is 0 Å². The number of pyridine rings is 1. The number of hydrogen-bond acceptors (Lipinski definition) is 3. The second-order valence-electron chi connectivity index (χ2n) is 5.08. The van der Waals surface area contributed by atoms with Crippen LogP contribution in [-0.4, -0.2) is 10.9 Å². The summed E-state index contributed by atoms with van der Waals surface area (Å²) < 4.78 is 5.68. The number of hydrogen-bond donors (Lipinski definition) is 1. The Hall–Kier alpha value is -2.85. The van der Waals surface area contributed by atoms with Crippen LogP contribution in [0.1, 0.15) is 15.9 Å². The van der Waals surface area contributed by atoms with Gasteiger partial charge in [0.05, 0.1) is 10.6 Å². The predicted octanol–water partition coefficient (Wildman–Crippen LogP) is 4.46. The molecule has 0 fully saturated rings. The molecule has 1 aromatic heterocycles. The number of carbonyl (C=O) groups is 1. The molecule has 0 aliphatic carbocycles. The van der Waals surface area contributed by atoms with Crippen LogP contribution in [0, 0.1) is 0 Å². The molecule has 1 amide bonds. The van der Waals surface area contributed by atoms with E-state index in [1.54, 1.807) is 36.5 Å². The molecule has 0 atom stereocenters. The Morgan fingerprint density at radius 2 is 1.88 bits per heavy atom. The lowest BCUT2D eigenvalue weighted by molar-refractivity contribution is 0.0951. The van der Waals surface area contributed by atoms with Gasteiger partial charge in [-0.25, -0.2) is 4.98 Å². The van der Waals surface area contributed by atoms with Gasteiger partial charge in [0.2, 0.25) is 5.88 Å². The maximum atomic E-state index is 12.2. The molecule has 0 aliphatic heterocycles. The van der Waals surface area contributed by atoms with Crippen LogP contribution in [0.2, 0.25) is 5.02 Å². The van der Waals surface area contributed by atoms with Crippen molar-refractivity contribution in [3.63, 3.8) is 0 Å². The zero-order chi connectivity index (χ0) is 16.8. The Morgan fingerprint density at radius 3 is 2.67 bits per heavy atom. The topological polar surface area (TPSA) is 51.2 Å². The van der Waals surface area contributed by atoms with Crippen molar-refractivity contribution in [2.75, 3.05) is 0 Å². The zero-order valence-corrected chi connectivity index (χ0v) is 13.5. The van der Waals surface area contributed by atoms with Crippen molar-refractivity contribution in [2.24, 2.45) is 0 Å². The third-order valence-corrected chi connectivity index (χ3v) is 3.66. The Bertz CT molecular complexity index is 838. The summed E-state index contributed by atoms with van der Waals surface area (Å²) >= 11 is 6.03. The van der Waals surface area contributed by atoms with E-state index in [0.29, 0.717) is 28.8 Å². The number of ether oxygens (including phenoxy) is 1. The van der Waals surface area contributed by atoms with Gasteiger partial charge in [0.15, 0.2) is 0 Å². The molecule has 4 nitrogen and oxygen atoms in total. The van der Waals surface area contributed by atoms with Gasteiger partial charge in [0, 0.05) is 18.8 Å². The van der Waals surface area contributed by atoms with E-state index in [-0.39, 0.29) is 5.91 Å². The standard InChI is InChI=1S/C19H15ClN2O2/c20-17-9-2-1-8-16(17)19(23)22-13-14-6-5-7-15(12-14)24-18-10-3-4-11-21-18/h1-12H,13H2,(H,22,23). The van der Waals surface area contributed by atoms with Gasteiger partial charge >= 0.3 is 0 Å². The summed E-state index contributed by atoms with van der Waals surface area (Å²) in [6.45, 7) is 0.378. The molecule has 0 spiro atoms. The third-order valence-electron chi connectivity index (χ3n) is 3.33. The number of rotatable bonds is 5. The van der Waals surface area contributed by atoms with Crippen LogP contribution in [0.5, 0.6) is 11.6 Å². The smallest absolute Gasteiger partial charge is 0.253 e. The average molecular weight is 339 g/mol. The summed E-state index contributed by atoms with van der Waals surface area (Å²) in [5.41, 5.74) is 1.38. The number of benzene rings is 2. The van der Waals surface area contributed by atoms with Gasteiger partial charge < -0.3 is 10.1 Å². The molecule has 5 heteroatoms. The summed E-state index contributed by atoms with van der Waals surface area (Å²) in [7, 11) is 0. The van der Waals surface area contributed by atoms with Crippen LogP contribution in [0.25, 0.3) is 0 Å².